The number of fused-ring (bicyclic) bond motifs is 3. The molecule has 1 N–H and O–H groups in total. The van der Waals surface area contributed by atoms with Crippen molar-refractivity contribution in [3.8, 4) is 0 Å². The fourth-order valence-electron chi connectivity index (χ4n) is 5.78. The fourth-order valence-corrected chi connectivity index (χ4v) is 5.78. The molecule has 6 heterocycles. The maximum atomic E-state index is 12.9. The van der Waals surface area contributed by atoms with Gasteiger partial charge in [0.2, 0.25) is 11.9 Å². The summed E-state index contributed by atoms with van der Waals surface area (Å²) in [5.74, 6) is 0.519. The van der Waals surface area contributed by atoms with Gasteiger partial charge in [-0.15, -0.1) is 5.10 Å². The largest absolute Gasteiger partial charge is 0.444 e. The van der Waals surface area contributed by atoms with E-state index < -0.39 is 5.60 Å². The van der Waals surface area contributed by atoms with Crippen LogP contribution in [0, 0.1) is 0 Å². The van der Waals surface area contributed by atoms with E-state index in [-0.39, 0.29) is 30.6 Å². The molecule has 2 fully saturated rings. The number of anilines is 2. The van der Waals surface area contributed by atoms with E-state index in [1.807, 2.05) is 42.8 Å². The lowest BCUT2D eigenvalue weighted by molar-refractivity contribution is -0.133. The van der Waals surface area contributed by atoms with Crippen LogP contribution in [-0.2, 0) is 16.1 Å². The average Bonchev–Trinajstić information content (AvgIpc) is 3.58. The van der Waals surface area contributed by atoms with Gasteiger partial charge in [0, 0.05) is 50.2 Å². The minimum atomic E-state index is -0.520. The Bertz CT molecular complexity index is 1440. The molecule has 12 heteroatoms. The molecule has 2 bridgehead atoms. The zero-order chi connectivity index (χ0) is 28.0. The summed E-state index contributed by atoms with van der Waals surface area (Å²) in [4.78, 5) is 36.3. The number of carbonyl (C=O) groups excluding carboxylic acids is 2. The zero-order valence-corrected chi connectivity index (χ0v) is 23.6. The number of ether oxygens (including phenoxy) is 1. The summed E-state index contributed by atoms with van der Waals surface area (Å²) < 4.78 is 9.09. The van der Waals surface area contributed by atoms with E-state index in [1.165, 1.54) is 5.57 Å². The predicted octanol–water partition coefficient (Wildman–Crippen LogP) is 3.00. The van der Waals surface area contributed by atoms with E-state index in [1.54, 1.807) is 21.6 Å². The number of likely N-dealkylation sites (N-methyl/N-ethyl adjacent to an activating group) is 1. The molecule has 12 nitrogen and oxygen atoms in total. The maximum absolute atomic E-state index is 12.9. The van der Waals surface area contributed by atoms with Gasteiger partial charge in [-0.2, -0.15) is 10.1 Å². The molecule has 212 valence electrons. The first-order valence-electron chi connectivity index (χ1n) is 14.0. The van der Waals surface area contributed by atoms with Gasteiger partial charge in [-0.25, -0.2) is 9.31 Å². The third kappa shape index (κ3) is 5.40. The summed E-state index contributed by atoms with van der Waals surface area (Å²) in [7, 11) is 2.07. The van der Waals surface area contributed by atoms with Gasteiger partial charge in [-0.3, -0.25) is 14.4 Å². The van der Waals surface area contributed by atoms with Crippen LogP contribution in [0.25, 0.3) is 11.2 Å². The summed E-state index contributed by atoms with van der Waals surface area (Å²) in [6, 6.07) is 4.15. The van der Waals surface area contributed by atoms with Crippen LogP contribution in [-0.4, -0.2) is 102 Å². The molecule has 0 aliphatic carbocycles. The second kappa shape index (κ2) is 10.2. The number of hydrogen-bond acceptors (Lipinski definition) is 8. The molecule has 3 aliphatic rings. The second-order valence-corrected chi connectivity index (χ2v) is 11.9. The molecule has 0 spiro atoms. The standard InChI is InChI=1S/C28H37N9O3/c1-28(2,3)40-27(39)37-21-7-8-22(37)15-19(14-21)23-6-5-9-36-25(23)31-26(32-36)30-20-16-29-35(17-20)18-24(38)34-12-10-33(4)11-13-34/h5-6,9,14,16-17,21-22H,7-8,10-13,15,18H2,1-4H3,(H,30,32). The number of nitrogens with zero attached hydrogens (tertiary/aromatic N) is 8. The van der Waals surface area contributed by atoms with Crippen molar-refractivity contribution in [2.75, 3.05) is 38.5 Å². The van der Waals surface area contributed by atoms with Crippen LogP contribution in [0.15, 0.2) is 36.8 Å². The zero-order valence-electron chi connectivity index (χ0n) is 23.6. The highest BCUT2D eigenvalue weighted by molar-refractivity contribution is 5.80. The van der Waals surface area contributed by atoms with Crippen molar-refractivity contribution in [1.82, 2.24) is 39.1 Å². The maximum Gasteiger partial charge on any atom is 0.411 e. The first kappa shape index (κ1) is 26.3. The number of rotatable bonds is 5. The molecular weight excluding hydrogens is 510 g/mol. The molecule has 2 unspecified atom stereocenters. The van der Waals surface area contributed by atoms with Gasteiger partial charge < -0.3 is 19.9 Å². The van der Waals surface area contributed by atoms with Crippen molar-refractivity contribution in [2.24, 2.45) is 0 Å². The summed E-state index contributed by atoms with van der Waals surface area (Å²) in [5.41, 5.74) is 3.13. The molecule has 0 aromatic carbocycles. The quantitative estimate of drug-likeness (QED) is 0.519. The molecule has 2 saturated heterocycles. The molecule has 2 atom stereocenters. The molecule has 6 rings (SSSR count). The molecule has 3 aromatic heterocycles. The highest BCUT2D eigenvalue weighted by Crippen LogP contribution is 2.40. The summed E-state index contributed by atoms with van der Waals surface area (Å²) in [6.45, 7) is 9.15. The van der Waals surface area contributed by atoms with Gasteiger partial charge in [-0.1, -0.05) is 6.08 Å². The van der Waals surface area contributed by atoms with E-state index in [0.717, 1.165) is 56.7 Å². The highest BCUT2D eigenvalue weighted by Gasteiger charge is 2.42. The predicted molar refractivity (Wildman–Crippen MR) is 150 cm³/mol. The molecule has 40 heavy (non-hydrogen) atoms. The number of amides is 2. The smallest absolute Gasteiger partial charge is 0.411 e. The van der Waals surface area contributed by atoms with Crippen LogP contribution in [0.2, 0.25) is 0 Å². The Kier molecular flexibility index (Phi) is 6.73. The third-order valence-electron chi connectivity index (χ3n) is 7.75. The topological polar surface area (TPSA) is 113 Å². The van der Waals surface area contributed by atoms with E-state index in [9.17, 15) is 9.59 Å². The molecule has 3 aromatic rings. The van der Waals surface area contributed by atoms with Crippen molar-refractivity contribution < 1.29 is 14.3 Å². The van der Waals surface area contributed by atoms with Crippen molar-refractivity contribution in [3.05, 3.63) is 42.4 Å². The van der Waals surface area contributed by atoms with Gasteiger partial charge in [0.25, 0.3) is 0 Å². The summed E-state index contributed by atoms with van der Waals surface area (Å²) in [6.07, 6.45) is 9.92. The summed E-state index contributed by atoms with van der Waals surface area (Å²) in [5, 5.41) is 12.2. The van der Waals surface area contributed by atoms with Gasteiger partial charge in [0.15, 0.2) is 5.65 Å². The van der Waals surface area contributed by atoms with E-state index in [2.05, 4.69) is 39.6 Å². The van der Waals surface area contributed by atoms with Crippen LogP contribution < -0.4 is 5.32 Å². The van der Waals surface area contributed by atoms with Gasteiger partial charge in [-0.05, 0) is 64.8 Å². The normalized spacial score (nSPS) is 21.6. The Morgan fingerprint density at radius 2 is 1.95 bits per heavy atom. The van der Waals surface area contributed by atoms with Gasteiger partial charge in [0.1, 0.15) is 12.1 Å². The second-order valence-electron chi connectivity index (χ2n) is 11.9. The number of nitrogens with one attached hydrogen (secondary N) is 1. The number of aromatic nitrogens is 5. The van der Waals surface area contributed by atoms with Crippen molar-refractivity contribution >= 4 is 34.9 Å². The van der Waals surface area contributed by atoms with E-state index in [0.29, 0.717) is 11.6 Å². The SMILES string of the molecule is CN1CCN(C(=O)Cn2cc(Nc3nc4c(C5=CC6CCC(C5)N6C(=O)OC(C)(C)C)cccn4n3)cn2)CC1. The Morgan fingerprint density at radius 3 is 2.70 bits per heavy atom. The number of piperazine rings is 1. The van der Waals surface area contributed by atoms with Crippen molar-refractivity contribution in [2.45, 2.75) is 64.3 Å². The number of hydrogen-bond donors (Lipinski definition) is 1. The monoisotopic (exact) mass is 547 g/mol. The lowest BCUT2D eigenvalue weighted by Crippen LogP contribution is -2.48. The Hall–Kier alpha value is -3.93. The third-order valence-corrected chi connectivity index (χ3v) is 7.75. The van der Waals surface area contributed by atoms with E-state index in [4.69, 9.17) is 9.72 Å². The lowest BCUT2D eigenvalue weighted by Gasteiger charge is -2.35. The Morgan fingerprint density at radius 1 is 1.15 bits per heavy atom. The van der Waals surface area contributed by atoms with Crippen LogP contribution in [0.5, 0.6) is 0 Å². The lowest BCUT2D eigenvalue weighted by atomic mass is 9.95. The molecular formula is C28H37N9O3. The number of carbonyl (C=O) groups is 2. The molecule has 0 saturated carbocycles. The van der Waals surface area contributed by atoms with Crippen molar-refractivity contribution in [1.29, 1.82) is 0 Å². The van der Waals surface area contributed by atoms with Crippen molar-refractivity contribution in [3.63, 3.8) is 0 Å². The van der Waals surface area contributed by atoms with Gasteiger partial charge in [0.05, 0.1) is 17.9 Å². The van der Waals surface area contributed by atoms with Crippen LogP contribution >= 0.6 is 0 Å². The fraction of sp³-hybridized carbons (Fsp3) is 0.536. The first-order valence-corrected chi connectivity index (χ1v) is 14.0. The first-order chi connectivity index (χ1) is 19.1. The van der Waals surface area contributed by atoms with Crippen LogP contribution in [0.1, 0.15) is 45.6 Å². The Balaban J connectivity index is 1.16. The minimum absolute atomic E-state index is 0.0174. The highest BCUT2D eigenvalue weighted by atomic mass is 16.6. The van der Waals surface area contributed by atoms with Crippen LogP contribution in [0.4, 0.5) is 16.4 Å². The van der Waals surface area contributed by atoms with Crippen LogP contribution in [0.3, 0.4) is 0 Å². The summed E-state index contributed by atoms with van der Waals surface area (Å²) >= 11 is 0. The Labute approximate surface area is 233 Å². The molecule has 0 radical (unpaired) electrons. The number of pyridine rings is 1. The minimum Gasteiger partial charge on any atom is -0.444 e. The molecule has 2 amide bonds. The average molecular weight is 548 g/mol. The van der Waals surface area contributed by atoms with Gasteiger partial charge >= 0.3 is 6.09 Å². The molecule has 3 aliphatic heterocycles. The van der Waals surface area contributed by atoms with E-state index >= 15 is 0 Å².